The van der Waals surface area contributed by atoms with Crippen LogP contribution in [0.2, 0.25) is 0 Å². The molecule has 1 aromatic heterocycles. The summed E-state index contributed by atoms with van der Waals surface area (Å²) >= 11 is 0. The molecule has 0 saturated heterocycles. The van der Waals surface area contributed by atoms with E-state index in [0.717, 1.165) is 17.7 Å². The molecule has 0 saturated carbocycles. The smallest absolute Gasteiger partial charge is 0.335 e. The van der Waals surface area contributed by atoms with E-state index in [-0.39, 0.29) is 5.56 Å². The molecule has 0 fully saturated rings. The van der Waals surface area contributed by atoms with Crippen LogP contribution in [0.5, 0.6) is 0 Å². The first-order chi connectivity index (χ1) is 9.60. The first kappa shape index (κ1) is 14.3. The van der Waals surface area contributed by atoms with Gasteiger partial charge in [0, 0.05) is 11.6 Å². The summed E-state index contributed by atoms with van der Waals surface area (Å²) in [5, 5.41) is 12.3. The van der Waals surface area contributed by atoms with Crippen molar-refractivity contribution in [2.24, 2.45) is 0 Å². The molecule has 0 bridgehead atoms. The topological polar surface area (TPSA) is 62.5 Å². The Morgan fingerprint density at radius 3 is 2.85 bits per heavy atom. The average Bonchev–Trinajstić information content (AvgIpc) is 2.93. The molecule has 0 aliphatic heterocycles. The minimum absolute atomic E-state index is 0.262. The number of carbonyl (C=O) groups is 1. The van der Waals surface area contributed by atoms with E-state index in [2.05, 4.69) is 19.2 Å². The molecule has 106 valence electrons. The predicted octanol–water partition coefficient (Wildman–Crippen LogP) is 3.53. The van der Waals surface area contributed by atoms with E-state index >= 15 is 0 Å². The molecular weight excluding hydrogens is 254 g/mol. The number of aromatic carboxylic acids is 1. The molecule has 20 heavy (non-hydrogen) atoms. The first-order valence-corrected chi connectivity index (χ1v) is 6.76. The van der Waals surface area contributed by atoms with Crippen LogP contribution in [-0.2, 0) is 6.54 Å². The predicted molar refractivity (Wildman–Crippen MR) is 77.7 cm³/mol. The lowest BCUT2D eigenvalue weighted by molar-refractivity contribution is 0.0697. The Kier molecular flexibility index (Phi) is 4.58. The van der Waals surface area contributed by atoms with Crippen molar-refractivity contribution in [1.29, 1.82) is 0 Å². The molecule has 4 nitrogen and oxygen atoms in total. The lowest BCUT2D eigenvalue weighted by Gasteiger charge is -2.09. The zero-order chi connectivity index (χ0) is 14.5. The van der Waals surface area contributed by atoms with Crippen LogP contribution in [0.25, 0.3) is 11.3 Å². The molecule has 0 amide bonds. The van der Waals surface area contributed by atoms with Crippen molar-refractivity contribution < 1.29 is 14.3 Å². The molecule has 4 heteroatoms. The highest BCUT2D eigenvalue weighted by Crippen LogP contribution is 2.23. The Labute approximate surface area is 118 Å². The van der Waals surface area contributed by atoms with Gasteiger partial charge >= 0.3 is 5.97 Å². The summed E-state index contributed by atoms with van der Waals surface area (Å²) in [6, 6.07) is 11.0. The van der Waals surface area contributed by atoms with Gasteiger partial charge in [0.05, 0.1) is 12.1 Å². The van der Waals surface area contributed by atoms with E-state index in [4.69, 9.17) is 9.52 Å². The van der Waals surface area contributed by atoms with Gasteiger partial charge in [-0.1, -0.05) is 19.1 Å². The molecule has 2 aromatic rings. The molecule has 0 radical (unpaired) electrons. The summed E-state index contributed by atoms with van der Waals surface area (Å²) in [5.41, 5.74) is 1.04. The van der Waals surface area contributed by atoms with Crippen molar-refractivity contribution in [1.82, 2.24) is 5.32 Å². The summed E-state index contributed by atoms with van der Waals surface area (Å²) in [4.78, 5) is 11.0. The number of benzene rings is 1. The third-order valence-corrected chi connectivity index (χ3v) is 3.29. The van der Waals surface area contributed by atoms with Crippen LogP contribution >= 0.6 is 0 Å². The van der Waals surface area contributed by atoms with E-state index in [1.807, 2.05) is 18.2 Å². The minimum atomic E-state index is -0.933. The standard InChI is InChI=1S/C16H19NO3/c1-3-11(2)17-10-14-7-8-15(20-14)12-5-4-6-13(9-12)16(18)19/h4-9,11,17H,3,10H2,1-2H3,(H,18,19). The maximum atomic E-state index is 11.0. The highest BCUT2D eigenvalue weighted by Gasteiger charge is 2.09. The Balaban J connectivity index is 2.12. The Morgan fingerprint density at radius 2 is 2.15 bits per heavy atom. The van der Waals surface area contributed by atoms with Crippen LogP contribution in [0.15, 0.2) is 40.8 Å². The molecule has 0 aliphatic rings. The van der Waals surface area contributed by atoms with Gasteiger partial charge in [0.15, 0.2) is 0 Å². The van der Waals surface area contributed by atoms with Crippen LogP contribution in [-0.4, -0.2) is 17.1 Å². The first-order valence-electron chi connectivity index (χ1n) is 6.76. The number of rotatable bonds is 6. The van der Waals surface area contributed by atoms with Gasteiger partial charge in [-0.3, -0.25) is 0 Å². The van der Waals surface area contributed by atoms with Crippen LogP contribution in [0.3, 0.4) is 0 Å². The Hall–Kier alpha value is -2.07. The van der Waals surface area contributed by atoms with Crippen LogP contribution < -0.4 is 5.32 Å². The fourth-order valence-corrected chi connectivity index (χ4v) is 1.85. The van der Waals surface area contributed by atoms with Crippen LogP contribution in [0.1, 0.15) is 36.4 Å². The molecule has 1 aromatic carbocycles. The number of carboxylic acid groups (broad SMARTS) is 1. The summed E-state index contributed by atoms with van der Waals surface area (Å²) < 4.78 is 5.74. The zero-order valence-electron chi connectivity index (χ0n) is 11.7. The van der Waals surface area contributed by atoms with Crippen molar-refractivity contribution in [2.75, 3.05) is 0 Å². The van der Waals surface area contributed by atoms with E-state index in [1.54, 1.807) is 18.2 Å². The van der Waals surface area contributed by atoms with Gasteiger partial charge in [-0.05, 0) is 37.6 Å². The van der Waals surface area contributed by atoms with Crippen LogP contribution in [0.4, 0.5) is 0 Å². The maximum absolute atomic E-state index is 11.0. The fourth-order valence-electron chi connectivity index (χ4n) is 1.85. The molecule has 2 rings (SSSR count). The van der Waals surface area contributed by atoms with Crippen molar-refractivity contribution in [3.05, 3.63) is 47.7 Å². The number of nitrogens with one attached hydrogen (secondary N) is 1. The molecule has 0 aliphatic carbocycles. The lowest BCUT2D eigenvalue weighted by Crippen LogP contribution is -2.24. The summed E-state index contributed by atoms with van der Waals surface area (Å²) in [7, 11) is 0. The monoisotopic (exact) mass is 273 g/mol. The Morgan fingerprint density at radius 1 is 1.35 bits per heavy atom. The quantitative estimate of drug-likeness (QED) is 0.845. The van der Waals surface area contributed by atoms with E-state index in [9.17, 15) is 4.79 Å². The molecule has 2 N–H and O–H groups in total. The van der Waals surface area contributed by atoms with Crippen molar-refractivity contribution in [2.45, 2.75) is 32.9 Å². The highest BCUT2D eigenvalue weighted by molar-refractivity contribution is 5.89. The zero-order valence-corrected chi connectivity index (χ0v) is 11.7. The van der Waals surface area contributed by atoms with E-state index < -0.39 is 5.97 Å². The Bertz CT molecular complexity index is 589. The van der Waals surface area contributed by atoms with Crippen molar-refractivity contribution in [3.8, 4) is 11.3 Å². The number of carboxylic acids is 1. The van der Waals surface area contributed by atoms with E-state index in [0.29, 0.717) is 18.3 Å². The molecule has 1 unspecified atom stereocenters. The lowest BCUT2D eigenvalue weighted by atomic mass is 10.1. The van der Waals surface area contributed by atoms with Gasteiger partial charge in [0.25, 0.3) is 0 Å². The highest BCUT2D eigenvalue weighted by atomic mass is 16.4. The van der Waals surface area contributed by atoms with Gasteiger partial charge in [-0.25, -0.2) is 4.79 Å². The van der Waals surface area contributed by atoms with E-state index in [1.165, 1.54) is 0 Å². The molecule has 1 heterocycles. The summed E-state index contributed by atoms with van der Waals surface area (Å²) in [6.07, 6.45) is 1.06. The van der Waals surface area contributed by atoms with Gasteiger partial charge in [0.2, 0.25) is 0 Å². The summed E-state index contributed by atoms with van der Waals surface area (Å²) in [5.74, 6) is 0.604. The average molecular weight is 273 g/mol. The second kappa shape index (κ2) is 6.39. The van der Waals surface area contributed by atoms with Gasteiger partial charge in [-0.2, -0.15) is 0 Å². The molecule has 0 spiro atoms. The third kappa shape index (κ3) is 3.48. The third-order valence-electron chi connectivity index (χ3n) is 3.29. The number of hydrogen-bond donors (Lipinski definition) is 2. The normalized spacial score (nSPS) is 12.3. The SMILES string of the molecule is CCC(C)NCc1ccc(-c2cccc(C(=O)O)c2)o1. The largest absolute Gasteiger partial charge is 0.478 e. The minimum Gasteiger partial charge on any atom is -0.478 e. The number of hydrogen-bond acceptors (Lipinski definition) is 3. The van der Waals surface area contributed by atoms with Crippen molar-refractivity contribution in [3.63, 3.8) is 0 Å². The van der Waals surface area contributed by atoms with Crippen LogP contribution in [0, 0.1) is 0 Å². The second-order valence-electron chi connectivity index (χ2n) is 4.84. The van der Waals surface area contributed by atoms with Gasteiger partial charge < -0.3 is 14.8 Å². The molecule has 1 atom stereocenters. The number of furan rings is 1. The fraction of sp³-hybridized carbons (Fsp3) is 0.312. The van der Waals surface area contributed by atoms with Gasteiger partial charge in [0.1, 0.15) is 11.5 Å². The molecular formula is C16H19NO3. The summed E-state index contributed by atoms with van der Waals surface area (Å²) in [6.45, 7) is 4.93. The van der Waals surface area contributed by atoms with Crippen molar-refractivity contribution >= 4 is 5.97 Å². The maximum Gasteiger partial charge on any atom is 0.335 e. The van der Waals surface area contributed by atoms with Gasteiger partial charge in [-0.15, -0.1) is 0 Å². The second-order valence-corrected chi connectivity index (χ2v) is 4.84.